The van der Waals surface area contributed by atoms with Gasteiger partial charge in [0, 0.05) is 29.7 Å². The van der Waals surface area contributed by atoms with Crippen LogP contribution in [0.3, 0.4) is 0 Å². The zero-order chi connectivity index (χ0) is 14.0. The van der Waals surface area contributed by atoms with Crippen LogP contribution >= 0.6 is 11.6 Å². The van der Waals surface area contributed by atoms with E-state index in [2.05, 4.69) is 0 Å². The first kappa shape index (κ1) is 14.4. The van der Waals surface area contributed by atoms with Crippen LogP contribution in [-0.4, -0.2) is 26.9 Å². The van der Waals surface area contributed by atoms with Gasteiger partial charge in [0.05, 0.1) is 20.3 Å². The van der Waals surface area contributed by atoms with E-state index in [0.29, 0.717) is 16.5 Å². The first-order valence-electron chi connectivity index (χ1n) is 6.37. The number of ether oxygens (including phenoxy) is 3. The number of rotatable bonds is 4. The van der Waals surface area contributed by atoms with Gasteiger partial charge in [-0.25, -0.2) is 0 Å². The molecule has 1 fully saturated rings. The third-order valence-corrected chi connectivity index (χ3v) is 4.09. The Bertz CT molecular complexity index is 453. The van der Waals surface area contributed by atoms with Gasteiger partial charge in [-0.2, -0.15) is 0 Å². The molecule has 0 saturated carbocycles. The molecule has 0 radical (unpaired) electrons. The highest BCUT2D eigenvalue weighted by Crippen LogP contribution is 2.39. The molecule has 5 heteroatoms. The normalized spacial score (nSPS) is 24.3. The summed E-state index contributed by atoms with van der Waals surface area (Å²) in [6.07, 6.45) is 1.10. The lowest BCUT2D eigenvalue weighted by Gasteiger charge is -2.24. The molecule has 0 aromatic heterocycles. The topological polar surface area (TPSA) is 53.7 Å². The van der Waals surface area contributed by atoms with Crippen LogP contribution in [0.25, 0.3) is 0 Å². The summed E-state index contributed by atoms with van der Waals surface area (Å²) in [6, 6.07) is 3.44. The summed E-state index contributed by atoms with van der Waals surface area (Å²) in [6.45, 7) is 2.80. The van der Waals surface area contributed by atoms with Crippen molar-refractivity contribution in [3.05, 3.63) is 22.7 Å². The van der Waals surface area contributed by atoms with Crippen molar-refractivity contribution >= 4 is 11.6 Å². The highest BCUT2D eigenvalue weighted by molar-refractivity contribution is 6.31. The van der Waals surface area contributed by atoms with Crippen molar-refractivity contribution in [1.82, 2.24) is 0 Å². The molecular weight excluding hydrogens is 266 g/mol. The molecule has 1 heterocycles. The molecule has 106 valence electrons. The molecule has 1 aromatic rings. The summed E-state index contributed by atoms with van der Waals surface area (Å²) in [5, 5.41) is 0.601. The van der Waals surface area contributed by atoms with Gasteiger partial charge < -0.3 is 19.9 Å². The number of methoxy groups -OCH3 is 2. The molecular formula is C14H20ClNO3. The van der Waals surface area contributed by atoms with Crippen LogP contribution < -0.4 is 15.2 Å². The highest BCUT2D eigenvalue weighted by Gasteiger charge is 2.32. The quantitative estimate of drug-likeness (QED) is 0.924. The molecule has 2 N–H and O–H groups in total. The molecule has 3 atom stereocenters. The smallest absolute Gasteiger partial charge is 0.162 e. The van der Waals surface area contributed by atoms with Crippen LogP contribution in [0.5, 0.6) is 11.5 Å². The fourth-order valence-electron chi connectivity index (χ4n) is 2.58. The second-order valence-corrected chi connectivity index (χ2v) is 5.19. The Morgan fingerprint density at radius 3 is 2.47 bits per heavy atom. The van der Waals surface area contributed by atoms with E-state index in [9.17, 15) is 0 Å². The summed E-state index contributed by atoms with van der Waals surface area (Å²) in [4.78, 5) is 0. The largest absolute Gasteiger partial charge is 0.493 e. The van der Waals surface area contributed by atoms with Gasteiger partial charge in [-0.1, -0.05) is 11.6 Å². The average molecular weight is 286 g/mol. The van der Waals surface area contributed by atoms with E-state index >= 15 is 0 Å². The summed E-state index contributed by atoms with van der Waals surface area (Å²) >= 11 is 6.30. The monoisotopic (exact) mass is 285 g/mol. The van der Waals surface area contributed by atoms with E-state index in [-0.39, 0.29) is 18.1 Å². The fourth-order valence-corrected chi connectivity index (χ4v) is 2.86. The van der Waals surface area contributed by atoms with Crippen molar-refractivity contribution in [2.75, 3.05) is 20.8 Å². The Labute approximate surface area is 118 Å². The standard InChI is InChI=1S/C14H20ClNO3/c1-8-9(4-5-19-8)14(16)10-6-12(17-2)13(18-3)7-11(10)15/h6-9,14H,4-5,16H2,1-3H3. The molecule has 1 aliphatic heterocycles. The van der Waals surface area contributed by atoms with Crippen LogP contribution in [0.2, 0.25) is 5.02 Å². The summed E-state index contributed by atoms with van der Waals surface area (Å²) in [7, 11) is 3.18. The predicted molar refractivity (Wildman–Crippen MR) is 75.0 cm³/mol. The van der Waals surface area contributed by atoms with Crippen molar-refractivity contribution in [2.24, 2.45) is 11.7 Å². The number of halogens is 1. The SMILES string of the molecule is COc1cc(Cl)c(C(N)C2CCOC2C)cc1OC. The lowest BCUT2D eigenvalue weighted by molar-refractivity contribution is 0.0995. The highest BCUT2D eigenvalue weighted by atomic mass is 35.5. The van der Waals surface area contributed by atoms with Crippen molar-refractivity contribution in [2.45, 2.75) is 25.5 Å². The fraction of sp³-hybridized carbons (Fsp3) is 0.571. The number of hydrogen-bond acceptors (Lipinski definition) is 4. The molecule has 0 amide bonds. The van der Waals surface area contributed by atoms with E-state index in [4.69, 9.17) is 31.5 Å². The lowest BCUT2D eigenvalue weighted by Crippen LogP contribution is -2.26. The molecule has 0 spiro atoms. The molecule has 0 bridgehead atoms. The van der Waals surface area contributed by atoms with Crippen molar-refractivity contribution in [3.8, 4) is 11.5 Å². The number of hydrogen-bond donors (Lipinski definition) is 1. The minimum Gasteiger partial charge on any atom is -0.493 e. The Morgan fingerprint density at radius 1 is 1.32 bits per heavy atom. The van der Waals surface area contributed by atoms with E-state index < -0.39 is 0 Å². The van der Waals surface area contributed by atoms with Gasteiger partial charge in [-0.15, -0.1) is 0 Å². The third kappa shape index (κ3) is 2.81. The molecule has 1 aliphatic rings. The van der Waals surface area contributed by atoms with Gasteiger partial charge in [0.25, 0.3) is 0 Å². The Kier molecular flexibility index (Phi) is 4.55. The van der Waals surface area contributed by atoms with Crippen molar-refractivity contribution in [1.29, 1.82) is 0 Å². The predicted octanol–water partition coefficient (Wildman–Crippen LogP) is 2.78. The number of benzene rings is 1. The molecule has 4 nitrogen and oxygen atoms in total. The molecule has 1 saturated heterocycles. The van der Waals surface area contributed by atoms with Gasteiger partial charge in [0.2, 0.25) is 0 Å². The third-order valence-electron chi connectivity index (χ3n) is 3.76. The zero-order valence-corrected chi connectivity index (χ0v) is 12.2. The van der Waals surface area contributed by atoms with Crippen LogP contribution in [-0.2, 0) is 4.74 Å². The average Bonchev–Trinajstić information content (AvgIpc) is 2.83. The first-order valence-corrected chi connectivity index (χ1v) is 6.75. The van der Waals surface area contributed by atoms with E-state index in [1.807, 2.05) is 13.0 Å². The second kappa shape index (κ2) is 5.99. The van der Waals surface area contributed by atoms with E-state index in [1.165, 1.54) is 0 Å². The van der Waals surface area contributed by atoms with Gasteiger partial charge in [-0.3, -0.25) is 0 Å². The number of nitrogens with two attached hydrogens (primary N) is 1. The molecule has 0 aliphatic carbocycles. The maximum Gasteiger partial charge on any atom is 0.162 e. The molecule has 2 rings (SSSR count). The van der Waals surface area contributed by atoms with Crippen molar-refractivity contribution in [3.63, 3.8) is 0 Å². The maximum atomic E-state index is 6.35. The van der Waals surface area contributed by atoms with Gasteiger partial charge in [-0.05, 0) is 25.0 Å². The Morgan fingerprint density at radius 2 is 1.95 bits per heavy atom. The summed E-state index contributed by atoms with van der Waals surface area (Å²) < 4.78 is 16.1. The Balaban J connectivity index is 2.33. The molecule has 3 unspecified atom stereocenters. The van der Waals surface area contributed by atoms with Crippen LogP contribution in [0.15, 0.2) is 12.1 Å². The van der Waals surface area contributed by atoms with Crippen molar-refractivity contribution < 1.29 is 14.2 Å². The minimum atomic E-state index is -0.162. The first-order chi connectivity index (χ1) is 9.08. The van der Waals surface area contributed by atoms with Gasteiger partial charge in [0.1, 0.15) is 0 Å². The van der Waals surface area contributed by atoms with Crippen LogP contribution in [0, 0.1) is 5.92 Å². The minimum absolute atomic E-state index is 0.152. The van der Waals surface area contributed by atoms with E-state index in [1.54, 1.807) is 20.3 Å². The van der Waals surface area contributed by atoms with Crippen LogP contribution in [0.4, 0.5) is 0 Å². The molecule has 1 aromatic carbocycles. The molecule has 19 heavy (non-hydrogen) atoms. The second-order valence-electron chi connectivity index (χ2n) is 4.78. The maximum absolute atomic E-state index is 6.35. The van der Waals surface area contributed by atoms with Crippen LogP contribution in [0.1, 0.15) is 24.9 Å². The van der Waals surface area contributed by atoms with Gasteiger partial charge in [0.15, 0.2) is 11.5 Å². The summed E-state index contributed by atoms with van der Waals surface area (Å²) in [5.74, 6) is 1.53. The van der Waals surface area contributed by atoms with Gasteiger partial charge >= 0.3 is 0 Å². The lowest BCUT2D eigenvalue weighted by atomic mass is 9.89. The van der Waals surface area contributed by atoms with E-state index in [0.717, 1.165) is 18.6 Å². The summed E-state index contributed by atoms with van der Waals surface area (Å²) in [5.41, 5.74) is 7.22. The zero-order valence-electron chi connectivity index (χ0n) is 11.5. The Hall–Kier alpha value is -0.970.